The minimum absolute atomic E-state index is 0.507. The summed E-state index contributed by atoms with van der Waals surface area (Å²) in [6.07, 6.45) is 0. The Hall–Kier alpha value is -1.16. The number of nitrogens with zero attached hydrogens (tertiary/aromatic N) is 2. The van der Waals surface area contributed by atoms with Gasteiger partial charge in [0.15, 0.2) is 0 Å². The average molecular weight is 226 g/mol. The van der Waals surface area contributed by atoms with Gasteiger partial charge in [-0.1, -0.05) is 6.92 Å². The molecule has 1 aromatic rings. The van der Waals surface area contributed by atoms with Gasteiger partial charge >= 0.3 is 0 Å². The van der Waals surface area contributed by atoms with Crippen molar-refractivity contribution in [2.75, 3.05) is 37.6 Å². The van der Waals surface area contributed by atoms with Gasteiger partial charge < -0.3 is 9.80 Å². The molecule has 4 heteroatoms. The molecule has 2 nitrogen and oxygen atoms in total. The molecule has 1 heterocycles. The molecule has 0 bridgehead atoms. The summed E-state index contributed by atoms with van der Waals surface area (Å²) in [5.74, 6) is -1.01. The molecule has 1 saturated heterocycles. The normalized spacial score (nSPS) is 17.8. The fourth-order valence-electron chi connectivity index (χ4n) is 2.04. The van der Waals surface area contributed by atoms with Crippen LogP contribution in [0, 0.1) is 11.6 Å². The third-order valence-electron chi connectivity index (χ3n) is 3.03. The van der Waals surface area contributed by atoms with Gasteiger partial charge in [-0.15, -0.1) is 0 Å². The number of hydrogen-bond acceptors (Lipinski definition) is 2. The van der Waals surface area contributed by atoms with Crippen LogP contribution in [0.5, 0.6) is 0 Å². The predicted octanol–water partition coefficient (Wildman–Crippen LogP) is 2.11. The fourth-order valence-corrected chi connectivity index (χ4v) is 2.04. The summed E-state index contributed by atoms with van der Waals surface area (Å²) in [5.41, 5.74) is 0.647. The van der Waals surface area contributed by atoms with Gasteiger partial charge in [-0.2, -0.15) is 0 Å². The molecule has 0 atom stereocenters. The van der Waals surface area contributed by atoms with E-state index < -0.39 is 11.6 Å². The fraction of sp³-hybridized carbons (Fsp3) is 0.500. The number of anilines is 1. The first-order chi connectivity index (χ1) is 7.69. The second-order valence-electron chi connectivity index (χ2n) is 4.05. The lowest BCUT2D eigenvalue weighted by Gasteiger charge is -2.35. The number of likely N-dealkylation sites (N-methyl/N-ethyl adjacent to an activating group) is 1. The highest BCUT2D eigenvalue weighted by Gasteiger charge is 2.16. The van der Waals surface area contributed by atoms with Crippen LogP contribution < -0.4 is 4.90 Å². The first-order valence-electron chi connectivity index (χ1n) is 5.62. The number of piperazine rings is 1. The summed E-state index contributed by atoms with van der Waals surface area (Å²) in [6.45, 7) is 6.72. The van der Waals surface area contributed by atoms with Crippen molar-refractivity contribution in [2.45, 2.75) is 6.92 Å². The van der Waals surface area contributed by atoms with Crippen LogP contribution in [-0.2, 0) is 0 Å². The van der Waals surface area contributed by atoms with Gasteiger partial charge in [0.25, 0.3) is 0 Å². The Balaban J connectivity index is 2.08. The minimum Gasteiger partial charge on any atom is -0.369 e. The van der Waals surface area contributed by atoms with E-state index in [1.54, 1.807) is 0 Å². The Kier molecular flexibility index (Phi) is 3.39. The molecule has 0 saturated carbocycles. The van der Waals surface area contributed by atoms with Crippen LogP contribution in [0.15, 0.2) is 18.2 Å². The van der Waals surface area contributed by atoms with E-state index in [0.717, 1.165) is 38.8 Å². The molecule has 0 aliphatic carbocycles. The Labute approximate surface area is 94.5 Å². The molecule has 0 spiro atoms. The molecule has 0 aromatic heterocycles. The minimum atomic E-state index is -0.507. The van der Waals surface area contributed by atoms with E-state index in [1.165, 1.54) is 12.1 Å². The van der Waals surface area contributed by atoms with Crippen LogP contribution in [0.3, 0.4) is 0 Å². The lowest BCUT2D eigenvalue weighted by atomic mass is 10.2. The van der Waals surface area contributed by atoms with Crippen LogP contribution in [0.25, 0.3) is 0 Å². The van der Waals surface area contributed by atoms with E-state index >= 15 is 0 Å². The summed E-state index contributed by atoms with van der Waals surface area (Å²) in [6, 6.07) is 3.70. The summed E-state index contributed by atoms with van der Waals surface area (Å²) < 4.78 is 26.1. The molecule has 0 radical (unpaired) electrons. The highest BCUT2D eigenvalue weighted by molar-refractivity contribution is 5.47. The van der Waals surface area contributed by atoms with Gasteiger partial charge in [-0.05, 0) is 18.7 Å². The van der Waals surface area contributed by atoms with Crippen molar-refractivity contribution in [3.8, 4) is 0 Å². The second-order valence-corrected chi connectivity index (χ2v) is 4.05. The van der Waals surface area contributed by atoms with Crippen molar-refractivity contribution in [1.29, 1.82) is 0 Å². The van der Waals surface area contributed by atoms with Gasteiger partial charge in [0.1, 0.15) is 11.6 Å². The van der Waals surface area contributed by atoms with Crippen molar-refractivity contribution in [3.63, 3.8) is 0 Å². The van der Waals surface area contributed by atoms with E-state index in [-0.39, 0.29) is 0 Å². The zero-order valence-electron chi connectivity index (χ0n) is 9.42. The molecular formula is C12H16F2N2. The van der Waals surface area contributed by atoms with E-state index in [1.807, 2.05) is 4.90 Å². The standard InChI is InChI=1S/C12H16F2N2/c1-2-15-3-5-16(6-4-15)12-8-10(13)7-11(14)9-12/h7-9H,2-6H2,1H3. The average Bonchev–Trinajstić information content (AvgIpc) is 2.28. The first kappa shape index (κ1) is 11.3. The van der Waals surface area contributed by atoms with Crippen molar-refractivity contribution in [3.05, 3.63) is 29.8 Å². The lowest BCUT2D eigenvalue weighted by Crippen LogP contribution is -2.46. The van der Waals surface area contributed by atoms with Crippen molar-refractivity contribution in [2.24, 2.45) is 0 Å². The quantitative estimate of drug-likeness (QED) is 0.762. The van der Waals surface area contributed by atoms with Crippen LogP contribution in [0.4, 0.5) is 14.5 Å². The molecule has 16 heavy (non-hydrogen) atoms. The predicted molar refractivity (Wildman–Crippen MR) is 60.7 cm³/mol. The van der Waals surface area contributed by atoms with Gasteiger partial charge in [0.2, 0.25) is 0 Å². The Morgan fingerprint density at radius 3 is 2.06 bits per heavy atom. The number of rotatable bonds is 2. The zero-order chi connectivity index (χ0) is 11.5. The number of benzene rings is 1. The van der Waals surface area contributed by atoms with Crippen LogP contribution in [-0.4, -0.2) is 37.6 Å². The van der Waals surface area contributed by atoms with E-state index in [2.05, 4.69) is 11.8 Å². The largest absolute Gasteiger partial charge is 0.369 e. The van der Waals surface area contributed by atoms with Gasteiger partial charge in [0.05, 0.1) is 0 Å². The molecule has 0 N–H and O–H groups in total. The Morgan fingerprint density at radius 1 is 1.00 bits per heavy atom. The molecule has 0 unspecified atom stereocenters. The van der Waals surface area contributed by atoms with Crippen LogP contribution in [0.2, 0.25) is 0 Å². The van der Waals surface area contributed by atoms with E-state index in [4.69, 9.17) is 0 Å². The monoisotopic (exact) mass is 226 g/mol. The lowest BCUT2D eigenvalue weighted by molar-refractivity contribution is 0.271. The Bertz CT molecular complexity index is 340. The van der Waals surface area contributed by atoms with Crippen molar-refractivity contribution in [1.82, 2.24) is 4.90 Å². The summed E-state index contributed by atoms with van der Waals surface area (Å²) >= 11 is 0. The van der Waals surface area contributed by atoms with Crippen LogP contribution in [0.1, 0.15) is 6.92 Å². The Morgan fingerprint density at radius 2 is 1.56 bits per heavy atom. The highest BCUT2D eigenvalue weighted by atomic mass is 19.1. The third kappa shape index (κ3) is 2.50. The maximum absolute atomic E-state index is 13.0. The summed E-state index contributed by atoms with van der Waals surface area (Å²) in [5, 5.41) is 0. The highest BCUT2D eigenvalue weighted by Crippen LogP contribution is 2.19. The van der Waals surface area contributed by atoms with Crippen LogP contribution >= 0.6 is 0 Å². The molecule has 1 aliphatic heterocycles. The summed E-state index contributed by atoms with van der Waals surface area (Å²) in [7, 11) is 0. The van der Waals surface area contributed by atoms with Crippen molar-refractivity contribution >= 4 is 5.69 Å². The van der Waals surface area contributed by atoms with Gasteiger partial charge in [0, 0.05) is 37.9 Å². The van der Waals surface area contributed by atoms with Gasteiger partial charge in [-0.25, -0.2) is 8.78 Å². The first-order valence-corrected chi connectivity index (χ1v) is 5.62. The third-order valence-corrected chi connectivity index (χ3v) is 3.03. The topological polar surface area (TPSA) is 6.48 Å². The summed E-state index contributed by atoms with van der Waals surface area (Å²) in [4.78, 5) is 4.35. The second kappa shape index (κ2) is 4.78. The molecule has 0 amide bonds. The molecule has 2 rings (SSSR count). The maximum Gasteiger partial charge on any atom is 0.128 e. The maximum atomic E-state index is 13.0. The molecule has 1 fully saturated rings. The SMILES string of the molecule is CCN1CCN(c2cc(F)cc(F)c2)CC1. The van der Waals surface area contributed by atoms with E-state index in [0.29, 0.717) is 5.69 Å². The number of hydrogen-bond donors (Lipinski definition) is 0. The smallest absolute Gasteiger partial charge is 0.128 e. The van der Waals surface area contributed by atoms with E-state index in [9.17, 15) is 8.78 Å². The van der Waals surface area contributed by atoms with Gasteiger partial charge in [-0.3, -0.25) is 0 Å². The molecule has 1 aromatic carbocycles. The molecular weight excluding hydrogens is 210 g/mol. The molecule has 1 aliphatic rings. The zero-order valence-corrected chi connectivity index (χ0v) is 9.42. The molecule has 88 valence electrons. The van der Waals surface area contributed by atoms with Crippen molar-refractivity contribution < 1.29 is 8.78 Å². The number of halogens is 2.